The van der Waals surface area contributed by atoms with Gasteiger partial charge in [0.2, 0.25) is 5.89 Å². The van der Waals surface area contributed by atoms with Crippen molar-refractivity contribution in [1.82, 2.24) is 10.1 Å². The Balaban J connectivity index is 2.61. The molecule has 5 nitrogen and oxygen atoms in total. The normalized spacial score (nSPS) is 9.89. The minimum absolute atomic E-state index is 0.165. The van der Waals surface area contributed by atoms with E-state index in [1.165, 1.54) is 0 Å². The van der Waals surface area contributed by atoms with Crippen LogP contribution in [-0.2, 0) is 6.42 Å². The second-order valence-corrected chi connectivity index (χ2v) is 1.58. The van der Waals surface area contributed by atoms with Crippen molar-refractivity contribution in [2.45, 2.75) is 6.42 Å². The Morgan fingerprint density at radius 3 is 2.78 bits per heavy atom. The molecular weight excluding hydrogens is 120 g/mol. The van der Waals surface area contributed by atoms with Gasteiger partial charge < -0.3 is 16.0 Å². The average molecular weight is 128 g/mol. The molecule has 0 saturated carbocycles. The maximum absolute atomic E-state index is 5.20. The number of nitrogen functional groups attached to an aromatic ring is 1. The maximum Gasteiger partial charge on any atom is 0.260 e. The summed E-state index contributed by atoms with van der Waals surface area (Å²) in [5, 5.41) is 3.37. The Labute approximate surface area is 52.0 Å². The Kier molecular flexibility index (Phi) is 1.64. The molecule has 1 aromatic heterocycles. The van der Waals surface area contributed by atoms with Crippen LogP contribution in [0.2, 0.25) is 0 Å². The van der Waals surface area contributed by atoms with E-state index < -0.39 is 0 Å². The summed E-state index contributed by atoms with van der Waals surface area (Å²) >= 11 is 0. The van der Waals surface area contributed by atoms with Gasteiger partial charge in [-0.1, -0.05) is 0 Å². The Morgan fingerprint density at radius 1 is 1.56 bits per heavy atom. The van der Waals surface area contributed by atoms with Gasteiger partial charge in [0.25, 0.3) is 5.95 Å². The fourth-order valence-electron chi connectivity index (χ4n) is 0.493. The van der Waals surface area contributed by atoms with Crippen molar-refractivity contribution in [2.75, 3.05) is 12.3 Å². The monoisotopic (exact) mass is 128 g/mol. The Morgan fingerprint density at radius 2 is 2.33 bits per heavy atom. The molecule has 0 fully saturated rings. The molecule has 1 heterocycles. The van der Waals surface area contributed by atoms with Crippen LogP contribution in [0.5, 0.6) is 0 Å². The molecule has 0 atom stereocenters. The number of rotatable bonds is 2. The summed E-state index contributed by atoms with van der Waals surface area (Å²) in [5.74, 6) is 0.661. The second kappa shape index (κ2) is 2.45. The standard InChI is InChI=1S/C4H8N4O/c5-2-1-3-7-4(6)8-9-3/h1-2,5H2,(H2,6,8). The van der Waals surface area contributed by atoms with Crippen LogP contribution < -0.4 is 11.5 Å². The molecular formula is C4H8N4O. The largest absolute Gasteiger partial charge is 0.365 e. The zero-order valence-electron chi connectivity index (χ0n) is 4.87. The fraction of sp³-hybridized carbons (Fsp3) is 0.500. The molecule has 1 aromatic rings. The molecule has 0 aromatic carbocycles. The van der Waals surface area contributed by atoms with Gasteiger partial charge in [0.1, 0.15) is 0 Å². The summed E-state index contributed by atoms with van der Waals surface area (Å²) in [4.78, 5) is 3.72. The van der Waals surface area contributed by atoms with E-state index in [9.17, 15) is 0 Å². The highest BCUT2D eigenvalue weighted by atomic mass is 16.5. The lowest BCUT2D eigenvalue weighted by Crippen LogP contribution is -2.02. The molecule has 5 heteroatoms. The van der Waals surface area contributed by atoms with Gasteiger partial charge in [0.05, 0.1) is 0 Å². The van der Waals surface area contributed by atoms with Gasteiger partial charge in [0.15, 0.2) is 0 Å². The highest BCUT2D eigenvalue weighted by molar-refractivity contribution is 5.10. The molecule has 1 rings (SSSR count). The molecule has 0 radical (unpaired) electrons. The van der Waals surface area contributed by atoms with Gasteiger partial charge in [-0.25, -0.2) is 0 Å². The quantitative estimate of drug-likeness (QED) is 0.541. The number of hydrogen-bond donors (Lipinski definition) is 2. The summed E-state index contributed by atoms with van der Waals surface area (Å²) in [7, 11) is 0. The fourth-order valence-corrected chi connectivity index (χ4v) is 0.493. The smallest absolute Gasteiger partial charge is 0.260 e. The zero-order valence-corrected chi connectivity index (χ0v) is 4.87. The van der Waals surface area contributed by atoms with Gasteiger partial charge in [-0.05, 0) is 5.16 Å². The van der Waals surface area contributed by atoms with E-state index in [2.05, 4.69) is 14.7 Å². The highest BCUT2D eigenvalue weighted by Gasteiger charge is 1.98. The van der Waals surface area contributed by atoms with E-state index in [0.29, 0.717) is 18.9 Å². The first-order valence-corrected chi connectivity index (χ1v) is 2.61. The van der Waals surface area contributed by atoms with Crippen LogP contribution in [0.25, 0.3) is 0 Å². The van der Waals surface area contributed by atoms with Crippen LogP contribution >= 0.6 is 0 Å². The van der Waals surface area contributed by atoms with Crippen molar-refractivity contribution in [3.63, 3.8) is 0 Å². The number of hydrogen-bond acceptors (Lipinski definition) is 5. The minimum Gasteiger partial charge on any atom is -0.365 e. The van der Waals surface area contributed by atoms with Crippen molar-refractivity contribution >= 4 is 5.95 Å². The first-order valence-electron chi connectivity index (χ1n) is 2.61. The SMILES string of the molecule is NCCc1nc(N)no1. The van der Waals surface area contributed by atoms with Crippen LogP contribution in [0.1, 0.15) is 5.89 Å². The maximum atomic E-state index is 5.20. The molecule has 0 saturated heterocycles. The first-order chi connectivity index (χ1) is 4.33. The molecule has 0 aliphatic carbocycles. The van der Waals surface area contributed by atoms with Crippen LogP contribution in [0.15, 0.2) is 4.52 Å². The molecule has 0 aliphatic rings. The van der Waals surface area contributed by atoms with Crippen LogP contribution in [0, 0.1) is 0 Å². The molecule has 0 bridgehead atoms. The van der Waals surface area contributed by atoms with Gasteiger partial charge >= 0.3 is 0 Å². The lowest BCUT2D eigenvalue weighted by atomic mass is 10.4. The lowest BCUT2D eigenvalue weighted by molar-refractivity contribution is 0.380. The number of anilines is 1. The first kappa shape index (κ1) is 6.03. The van der Waals surface area contributed by atoms with E-state index >= 15 is 0 Å². The molecule has 0 spiro atoms. The van der Waals surface area contributed by atoms with Crippen LogP contribution in [0.3, 0.4) is 0 Å². The second-order valence-electron chi connectivity index (χ2n) is 1.58. The molecule has 4 N–H and O–H groups in total. The van der Waals surface area contributed by atoms with E-state index in [1.54, 1.807) is 0 Å². The van der Waals surface area contributed by atoms with E-state index in [0.717, 1.165) is 0 Å². The van der Waals surface area contributed by atoms with Crippen molar-refractivity contribution in [1.29, 1.82) is 0 Å². The molecule has 0 aliphatic heterocycles. The summed E-state index contributed by atoms with van der Waals surface area (Å²) in [6, 6.07) is 0. The molecule has 0 unspecified atom stereocenters. The summed E-state index contributed by atoms with van der Waals surface area (Å²) < 4.78 is 4.64. The van der Waals surface area contributed by atoms with Gasteiger partial charge in [0, 0.05) is 13.0 Å². The van der Waals surface area contributed by atoms with E-state index in [4.69, 9.17) is 11.5 Å². The van der Waals surface area contributed by atoms with Gasteiger partial charge in [-0.3, -0.25) is 0 Å². The average Bonchev–Trinajstić information content (AvgIpc) is 2.17. The predicted molar refractivity (Wildman–Crippen MR) is 31.5 cm³/mol. The van der Waals surface area contributed by atoms with Crippen molar-refractivity contribution in [3.8, 4) is 0 Å². The van der Waals surface area contributed by atoms with Gasteiger partial charge in [-0.2, -0.15) is 4.98 Å². The molecule has 0 amide bonds. The molecule has 9 heavy (non-hydrogen) atoms. The highest BCUT2D eigenvalue weighted by Crippen LogP contribution is 1.96. The third kappa shape index (κ3) is 1.39. The van der Waals surface area contributed by atoms with Crippen LogP contribution in [-0.4, -0.2) is 16.7 Å². The van der Waals surface area contributed by atoms with E-state index in [-0.39, 0.29) is 5.95 Å². The van der Waals surface area contributed by atoms with Crippen LogP contribution in [0.4, 0.5) is 5.95 Å². The summed E-state index contributed by atoms with van der Waals surface area (Å²) in [5.41, 5.74) is 10.4. The third-order valence-corrected chi connectivity index (χ3v) is 0.842. The topological polar surface area (TPSA) is 91.0 Å². The van der Waals surface area contributed by atoms with Crippen molar-refractivity contribution in [3.05, 3.63) is 5.89 Å². The Hall–Kier alpha value is -1.10. The predicted octanol–water partition coefficient (Wildman–Crippen LogP) is -0.847. The molecule has 50 valence electrons. The number of aromatic nitrogens is 2. The summed E-state index contributed by atoms with van der Waals surface area (Å²) in [6.45, 7) is 0.502. The Bertz CT molecular complexity index is 184. The summed E-state index contributed by atoms with van der Waals surface area (Å²) in [6.07, 6.45) is 0.587. The van der Waals surface area contributed by atoms with Crippen molar-refractivity contribution in [2.24, 2.45) is 5.73 Å². The zero-order chi connectivity index (χ0) is 6.69. The van der Waals surface area contributed by atoms with Gasteiger partial charge in [-0.15, -0.1) is 0 Å². The third-order valence-electron chi connectivity index (χ3n) is 0.842. The van der Waals surface area contributed by atoms with Crippen molar-refractivity contribution < 1.29 is 4.52 Å². The van der Waals surface area contributed by atoms with E-state index in [1.807, 2.05) is 0 Å². The lowest BCUT2D eigenvalue weighted by Gasteiger charge is -1.82. The number of nitrogens with two attached hydrogens (primary N) is 2. The minimum atomic E-state index is 0.165. The number of nitrogens with zero attached hydrogens (tertiary/aromatic N) is 2.